The van der Waals surface area contributed by atoms with E-state index in [1.165, 1.54) is 6.42 Å². The molecule has 1 aliphatic heterocycles. The molecular weight excluding hydrogens is 264 g/mol. The van der Waals surface area contributed by atoms with Gasteiger partial charge < -0.3 is 9.47 Å². The average Bonchev–Trinajstić information content (AvgIpc) is 2.48. The van der Waals surface area contributed by atoms with Gasteiger partial charge in [0, 0.05) is 19.1 Å². The van der Waals surface area contributed by atoms with E-state index in [1.54, 1.807) is 7.11 Å². The van der Waals surface area contributed by atoms with Gasteiger partial charge in [0.1, 0.15) is 10.8 Å². The molecule has 0 bridgehead atoms. The molecule has 0 aromatic carbocycles. The van der Waals surface area contributed by atoms with Gasteiger partial charge in [-0.3, -0.25) is 0 Å². The zero-order valence-corrected chi connectivity index (χ0v) is 12.0. The molecule has 1 aliphatic carbocycles. The number of hydrogen-bond donors (Lipinski definition) is 0. The fraction of sp³-hybridized carbons (Fsp3) is 0.714. The minimum Gasteiger partial charge on any atom is -0.376 e. The summed E-state index contributed by atoms with van der Waals surface area (Å²) in [6.45, 7) is 1.23. The Kier molecular flexibility index (Phi) is 3.74. The van der Waals surface area contributed by atoms with Crippen molar-refractivity contribution in [1.82, 2.24) is 9.97 Å². The molecule has 2 aliphatic rings. The molecule has 0 N–H and O–H groups in total. The van der Waals surface area contributed by atoms with Crippen LogP contribution in [0.25, 0.3) is 0 Å². The van der Waals surface area contributed by atoms with Crippen LogP contribution in [0, 0.1) is 0 Å². The van der Waals surface area contributed by atoms with Gasteiger partial charge in [-0.1, -0.05) is 30.9 Å². The summed E-state index contributed by atoms with van der Waals surface area (Å²) < 4.78 is 11.2. The Hall–Kier alpha value is -0.710. The van der Waals surface area contributed by atoms with Gasteiger partial charge in [0.15, 0.2) is 5.82 Å². The van der Waals surface area contributed by atoms with E-state index in [0.29, 0.717) is 18.4 Å². The number of fused-ring (bicyclic) bond motifs is 1. The zero-order chi connectivity index (χ0) is 13.3. The van der Waals surface area contributed by atoms with Crippen molar-refractivity contribution in [2.45, 2.75) is 50.7 Å². The molecule has 1 aromatic rings. The highest BCUT2D eigenvalue weighted by atomic mass is 35.5. The largest absolute Gasteiger partial charge is 0.376 e. The summed E-state index contributed by atoms with van der Waals surface area (Å²) in [6.07, 6.45) is 6.36. The van der Waals surface area contributed by atoms with E-state index in [1.807, 2.05) is 0 Å². The fourth-order valence-electron chi connectivity index (χ4n) is 3.04. The normalized spacial score (nSPS) is 22.0. The van der Waals surface area contributed by atoms with Gasteiger partial charge >= 0.3 is 0 Å². The van der Waals surface area contributed by atoms with Crippen molar-refractivity contribution in [3.8, 4) is 0 Å². The first-order valence-electron chi connectivity index (χ1n) is 6.94. The Bertz CT molecular complexity index is 473. The minimum absolute atomic E-state index is 0.338. The van der Waals surface area contributed by atoms with Crippen LogP contribution in [0.5, 0.6) is 0 Å². The highest BCUT2D eigenvalue weighted by Gasteiger charge is 2.37. The number of ether oxygens (including phenoxy) is 2. The summed E-state index contributed by atoms with van der Waals surface area (Å²) in [6, 6.07) is 0. The molecule has 5 heteroatoms. The molecule has 0 saturated heterocycles. The number of halogens is 1. The molecule has 0 atom stereocenters. The van der Waals surface area contributed by atoms with Gasteiger partial charge in [0.25, 0.3) is 0 Å². The summed E-state index contributed by atoms with van der Waals surface area (Å²) >= 11 is 6.30. The summed E-state index contributed by atoms with van der Waals surface area (Å²) in [7, 11) is 1.76. The predicted molar refractivity (Wildman–Crippen MR) is 72.2 cm³/mol. The van der Waals surface area contributed by atoms with Crippen LogP contribution in [0.1, 0.15) is 49.2 Å². The standard InChI is InChI=1S/C14H19ClN2O2/c1-18-14(6-3-2-4-7-14)13-16-11-5-8-19-9-10(11)12(15)17-13/h2-9H2,1H3. The first kappa shape index (κ1) is 13.3. The van der Waals surface area contributed by atoms with Gasteiger partial charge in [-0.25, -0.2) is 9.97 Å². The van der Waals surface area contributed by atoms with Crippen molar-refractivity contribution in [3.63, 3.8) is 0 Å². The third kappa shape index (κ3) is 2.37. The minimum atomic E-state index is -0.338. The van der Waals surface area contributed by atoms with E-state index in [4.69, 9.17) is 26.1 Å². The lowest BCUT2D eigenvalue weighted by molar-refractivity contribution is -0.0519. The Morgan fingerprint density at radius 3 is 2.74 bits per heavy atom. The molecule has 0 radical (unpaired) electrons. The number of rotatable bonds is 2. The van der Waals surface area contributed by atoms with Crippen LogP contribution in [0.2, 0.25) is 5.15 Å². The molecule has 1 saturated carbocycles. The van der Waals surface area contributed by atoms with Crippen LogP contribution < -0.4 is 0 Å². The Morgan fingerprint density at radius 1 is 1.21 bits per heavy atom. The zero-order valence-electron chi connectivity index (χ0n) is 11.2. The average molecular weight is 283 g/mol. The van der Waals surface area contributed by atoms with Crippen molar-refractivity contribution in [3.05, 3.63) is 22.2 Å². The number of methoxy groups -OCH3 is 1. The molecule has 2 heterocycles. The van der Waals surface area contributed by atoms with E-state index >= 15 is 0 Å². The second kappa shape index (κ2) is 5.35. The van der Waals surface area contributed by atoms with Crippen LogP contribution in [0.15, 0.2) is 0 Å². The van der Waals surface area contributed by atoms with Crippen molar-refractivity contribution in [2.75, 3.05) is 13.7 Å². The fourth-order valence-corrected chi connectivity index (χ4v) is 3.28. The van der Waals surface area contributed by atoms with Gasteiger partial charge in [0.2, 0.25) is 0 Å². The van der Waals surface area contributed by atoms with Gasteiger partial charge in [-0.05, 0) is 12.8 Å². The third-order valence-electron chi connectivity index (χ3n) is 4.23. The van der Waals surface area contributed by atoms with E-state index in [0.717, 1.165) is 49.2 Å². The van der Waals surface area contributed by atoms with Crippen molar-refractivity contribution in [2.24, 2.45) is 0 Å². The SMILES string of the molecule is COC1(c2nc(Cl)c3c(n2)CCOC3)CCCCC1. The summed E-state index contributed by atoms with van der Waals surface area (Å²) in [5, 5.41) is 0.529. The quantitative estimate of drug-likeness (QED) is 0.782. The molecule has 0 spiro atoms. The smallest absolute Gasteiger partial charge is 0.162 e. The first-order chi connectivity index (χ1) is 9.25. The number of nitrogens with zero attached hydrogens (tertiary/aromatic N) is 2. The summed E-state index contributed by atoms with van der Waals surface area (Å²) in [4.78, 5) is 9.24. The van der Waals surface area contributed by atoms with Crippen LogP contribution in [0.4, 0.5) is 0 Å². The molecule has 3 rings (SSSR count). The van der Waals surface area contributed by atoms with Gasteiger partial charge in [-0.15, -0.1) is 0 Å². The van der Waals surface area contributed by atoms with Crippen molar-refractivity contribution in [1.29, 1.82) is 0 Å². The van der Waals surface area contributed by atoms with E-state index in [-0.39, 0.29) is 5.60 Å². The predicted octanol–water partition coefficient (Wildman–Crippen LogP) is 3.01. The number of aromatic nitrogens is 2. The third-order valence-corrected chi connectivity index (χ3v) is 4.54. The molecule has 1 fully saturated rings. The lowest BCUT2D eigenvalue weighted by Gasteiger charge is -2.35. The summed E-state index contributed by atoms with van der Waals surface area (Å²) in [5.41, 5.74) is 1.64. The molecule has 19 heavy (non-hydrogen) atoms. The topological polar surface area (TPSA) is 44.2 Å². The van der Waals surface area contributed by atoms with Crippen molar-refractivity contribution >= 4 is 11.6 Å². The molecule has 0 amide bonds. The second-order valence-electron chi connectivity index (χ2n) is 5.32. The van der Waals surface area contributed by atoms with Crippen LogP contribution in [0.3, 0.4) is 0 Å². The van der Waals surface area contributed by atoms with Gasteiger partial charge in [-0.2, -0.15) is 0 Å². The maximum absolute atomic E-state index is 6.30. The maximum Gasteiger partial charge on any atom is 0.162 e. The lowest BCUT2D eigenvalue weighted by atomic mass is 9.83. The van der Waals surface area contributed by atoms with Crippen LogP contribution in [-0.4, -0.2) is 23.7 Å². The molecule has 4 nitrogen and oxygen atoms in total. The number of hydrogen-bond acceptors (Lipinski definition) is 4. The van der Waals surface area contributed by atoms with E-state index in [9.17, 15) is 0 Å². The Labute approximate surface area is 118 Å². The molecular formula is C14H19ClN2O2. The van der Waals surface area contributed by atoms with Crippen LogP contribution in [-0.2, 0) is 28.1 Å². The molecule has 0 unspecified atom stereocenters. The second-order valence-corrected chi connectivity index (χ2v) is 5.68. The first-order valence-corrected chi connectivity index (χ1v) is 7.32. The lowest BCUT2D eigenvalue weighted by Crippen LogP contribution is -2.34. The monoisotopic (exact) mass is 282 g/mol. The van der Waals surface area contributed by atoms with Crippen LogP contribution >= 0.6 is 11.6 Å². The molecule has 1 aromatic heterocycles. The highest BCUT2D eigenvalue weighted by Crippen LogP contribution is 2.39. The molecule has 104 valence electrons. The Morgan fingerprint density at radius 2 is 2.00 bits per heavy atom. The van der Waals surface area contributed by atoms with E-state index in [2.05, 4.69) is 4.98 Å². The van der Waals surface area contributed by atoms with E-state index < -0.39 is 0 Å². The Balaban J connectivity index is 2.02. The highest BCUT2D eigenvalue weighted by molar-refractivity contribution is 6.30. The summed E-state index contributed by atoms with van der Waals surface area (Å²) in [5.74, 6) is 0.764. The maximum atomic E-state index is 6.30. The van der Waals surface area contributed by atoms with Gasteiger partial charge in [0.05, 0.1) is 18.9 Å². The van der Waals surface area contributed by atoms with Crippen molar-refractivity contribution < 1.29 is 9.47 Å².